The largest absolute Gasteiger partial charge is 0.494 e. The van der Waals surface area contributed by atoms with Crippen LogP contribution in [0.5, 0.6) is 5.75 Å². The molecular formula is C16H25NO3. The Morgan fingerprint density at radius 3 is 2.75 bits per heavy atom. The van der Waals surface area contributed by atoms with Gasteiger partial charge in [0.25, 0.3) is 0 Å². The number of aliphatic hydroxyl groups is 1. The molecule has 0 bridgehead atoms. The molecule has 0 saturated carbocycles. The molecule has 0 radical (unpaired) electrons. The topological polar surface area (TPSA) is 41.9 Å². The summed E-state index contributed by atoms with van der Waals surface area (Å²) >= 11 is 0. The van der Waals surface area contributed by atoms with Crippen LogP contribution in [0.3, 0.4) is 0 Å². The van der Waals surface area contributed by atoms with Gasteiger partial charge in [0.05, 0.1) is 18.8 Å². The predicted octanol–water partition coefficient (Wildman–Crippen LogP) is 2.23. The SMILES string of the molecule is CCOc1ccc(C(O)CN2CCCC(OC)C2)cc1. The number of benzene rings is 1. The van der Waals surface area contributed by atoms with E-state index in [1.165, 1.54) is 0 Å². The van der Waals surface area contributed by atoms with E-state index in [4.69, 9.17) is 9.47 Å². The Balaban J connectivity index is 1.88. The summed E-state index contributed by atoms with van der Waals surface area (Å²) in [7, 11) is 1.76. The highest BCUT2D eigenvalue weighted by atomic mass is 16.5. The van der Waals surface area contributed by atoms with Crippen LogP contribution in [-0.2, 0) is 4.74 Å². The summed E-state index contributed by atoms with van der Waals surface area (Å²) in [6.07, 6.45) is 2.10. The average Bonchev–Trinajstić information content (AvgIpc) is 2.48. The zero-order valence-corrected chi connectivity index (χ0v) is 12.4. The molecule has 1 heterocycles. The fourth-order valence-electron chi connectivity index (χ4n) is 2.67. The molecule has 1 N–H and O–H groups in total. The number of likely N-dealkylation sites (tertiary alicyclic amines) is 1. The van der Waals surface area contributed by atoms with Gasteiger partial charge in [-0.15, -0.1) is 0 Å². The third kappa shape index (κ3) is 4.20. The van der Waals surface area contributed by atoms with Gasteiger partial charge in [0, 0.05) is 20.2 Å². The van der Waals surface area contributed by atoms with Crippen molar-refractivity contribution in [3.05, 3.63) is 29.8 Å². The normalized spacial score (nSPS) is 21.6. The van der Waals surface area contributed by atoms with Crippen LogP contribution in [-0.4, -0.2) is 49.5 Å². The van der Waals surface area contributed by atoms with Crippen molar-refractivity contribution in [2.45, 2.75) is 32.0 Å². The van der Waals surface area contributed by atoms with E-state index >= 15 is 0 Å². The molecule has 1 aliphatic rings. The molecule has 1 fully saturated rings. The van der Waals surface area contributed by atoms with Crippen LogP contribution < -0.4 is 4.74 Å². The number of hydrogen-bond acceptors (Lipinski definition) is 4. The van der Waals surface area contributed by atoms with Crippen molar-refractivity contribution in [1.29, 1.82) is 0 Å². The molecule has 4 nitrogen and oxygen atoms in total. The molecule has 0 amide bonds. The number of piperidine rings is 1. The molecule has 1 aliphatic heterocycles. The number of β-amino-alcohol motifs (C(OH)–C–C–N with tert-alkyl or cyclic N) is 1. The van der Waals surface area contributed by atoms with Crippen LogP contribution in [0.15, 0.2) is 24.3 Å². The van der Waals surface area contributed by atoms with Crippen molar-refractivity contribution in [3.8, 4) is 5.75 Å². The van der Waals surface area contributed by atoms with Gasteiger partial charge in [0.1, 0.15) is 5.75 Å². The lowest BCUT2D eigenvalue weighted by Gasteiger charge is -2.33. The number of rotatable bonds is 6. The molecular weight excluding hydrogens is 254 g/mol. The van der Waals surface area contributed by atoms with Gasteiger partial charge in [-0.05, 0) is 44.0 Å². The number of hydrogen-bond donors (Lipinski definition) is 1. The van der Waals surface area contributed by atoms with Crippen molar-refractivity contribution < 1.29 is 14.6 Å². The van der Waals surface area contributed by atoms with Gasteiger partial charge in [0.15, 0.2) is 0 Å². The van der Waals surface area contributed by atoms with Crippen LogP contribution in [0.1, 0.15) is 31.4 Å². The van der Waals surface area contributed by atoms with Gasteiger partial charge in [-0.2, -0.15) is 0 Å². The van der Waals surface area contributed by atoms with E-state index in [2.05, 4.69) is 4.90 Å². The molecule has 0 spiro atoms. The van der Waals surface area contributed by atoms with Gasteiger partial charge < -0.3 is 14.6 Å². The minimum atomic E-state index is -0.457. The second kappa shape index (κ2) is 7.62. The van der Waals surface area contributed by atoms with Gasteiger partial charge in [-0.3, -0.25) is 4.90 Å². The molecule has 2 rings (SSSR count). The fourth-order valence-corrected chi connectivity index (χ4v) is 2.67. The first-order chi connectivity index (χ1) is 9.72. The number of nitrogens with zero attached hydrogens (tertiary/aromatic N) is 1. The zero-order valence-electron chi connectivity index (χ0n) is 12.4. The predicted molar refractivity (Wildman–Crippen MR) is 79.0 cm³/mol. The van der Waals surface area contributed by atoms with Gasteiger partial charge >= 0.3 is 0 Å². The Morgan fingerprint density at radius 2 is 2.10 bits per heavy atom. The summed E-state index contributed by atoms with van der Waals surface area (Å²) in [4.78, 5) is 2.28. The smallest absolute Gasteiger partial charge is 0.119 e. The second-order valence-corrected chi connectivity index (χ2v) is 5.28. The minimum Gasteiger partial charge on any atom is -0.494 e. The molecule has 20 heavy (non-hydrogen) atoms. The van der Waals surface area contributed by atoms with Gasteiger partial charge in [-0.1, -0.05) is 12.1 Å². The highest BCUT2D eigenvalue weighted by Crippen LogP contribution is 2.21. The monoisotopic (exact) mass is 279 g/mol. The van der Waals surface area contributed by atoms with E-state index in [1.807, 2.05) is 31.2 Å². The first-order valence-corrected chi connectivity index (χ1v) is 7.39. The summed E-state index contributed by atoms with van der Waals surface area (Å²) in [5.41, 5.74) is 0.938. The van der Waals surface area contributed by atoms with Crippen LogP contribution >= 0.6 is 0 Å². The summed E-state index contributed by atoms with van der Waals surface area (Å²) in [5, 5.41) is 10.3. The first kappa shape index (κ1) is 15.3. The van der Waals surface area contributed by atoms with E-state index < -0.39 is 6.10 Å². The number of ether oxygens (including phenoxy) is 2. The Labute approximate surface area is 121 Å². The van der Waals surface area contributed by atoms with Crippen LogP contribution in [0.25, 0.3) is 0 Å². The minimum absolute atomic E-state index is 0.302. The molecule has 1 aromatic rings. The Bertz CT molecular complexity index is 393. The van der Waals surface area contributed by atoms with Crippen LogP contribution in [0.2, 0.25) is 0 Å². The zero-order chi connectivity index (χ0) is 14.4. The molecule has 112 valence electrons. The molecule has 1 aromatic carbocycles. The molecule has 4 heteroatoms. The first-order valence-electron chi connectivity index (χ1n) is 7.39. The summed E-state index contributed by atoms with van der Waals surface area (Å²) < 4.78 is 10.8. The van der Waals surface area contributed by atoms with Crippen molar-refractivity contribution in [3.63, 3.8) is 0 Å². The average molecular weight is 279 g/mol. The van der Waals surface area contributed by atoms with E-state index in [0.717, 1.165) is 37.2 Å². The van der Waals surface area contributed by atoms with Crippen molar-refractivity contribution in [2.24, 2.45) is 0 Å². The van der Waals surface area contributed by atoms with Crippen LogP contribution in [0.4, 0.5) is 0 Å². The molecule has 2 unspecified atom stereocenters. The van der Waals surface area contributed by atoms with Crippen molar-refractivity contribution in [2.75, 3.05) is 33.4 Å². The van der Waals surface area contributed by atoms with Crippen molar-refractivity contribution >= 4 is 0 Å². The summed E-state index contributed by atoms with van der Waals surface area (Å²) in [6.45, 7) is 5.23. The van der Waals surface area contributed by atoms with E-state index in [-0.39, 0.29) is 0 Å². The lowest BCUT2D eigenvalue weighted by molar-refractivity contribution is 0.0127. The summed E-state index contributed by atoms with van der Waals surface area (Å²) in [6, 6.07) is 7.70. The van der Waals surface area contributed by atoms with E-state index in [9.17, 15) is 5.11 Å². The Kier molecular flexibility index (Phi) is 5.83. The molecule has 2 atom stereocenters. The molecule has 0 aromatic heterocycles. The van der Waals surface area contributed by atoms with Gasteiger partial charge in [-0.25, -0.2) is 0 Å². The standard InChI is InChI=1S/C16H25NO3/c1-3-20-14-8-6-13(7-9-14)16(18)12-17-10-4-5-15(11-17)19-2/h6-9,15-16,18H,3-5,10-12H2,1-2H3. The maximum atomic E-state index is 10.3. The highest BCUT2D eigenvalue weighted by molar-refractivity contribution is 5.28. The second-order valence-electron chi connectivity index (χ2n) is 5.28. The number of methoxy groups -OCH3 is 1. The fraction of sp³-hybridized carbons (Fsp3) is 0.625. The van der Waals surface area contributed by atoms with Gasteiger partial charge in [0.2, 0.25) is 0 Å². The Hall–Kier alpha value is -1.10. The van der Waals surface area contributed by atoms with E-state index in [0.29, 0.717) is 19.3 Å². The van der Waals surface area contributed by atoms with Crippen LogP contribution in [0, 0.1) is 0 Å². The quantitative estimate of drug-likeness (QED) is 0.867. The molecule has 0 aliphatic carbocycles. The maximum absolute atomic E-state index is 10.3. The third-order valence-electron chi connectivity index (χ3n) is 3.80. The molecule has 1 saturated heterocycles. The Morgan fingerprint density at radius 1 is 1.35 bits per heavy atom. The lowest BCUT2D eigenvalue weighted by Crippen LogP contribution is -2.41. The third-order valence-corrected chi connectivity index (χ3v) is 3.80. The number of aliphatic hydroxyl groups excluding tert-OH is 1. The highest BCUT2D eigenvalue weighted by Gasteiger charge is 2.21. The van der Waals surface area contributed by atoms with E-state index in [1.54, 1.807) is 7.11 Å². The summed E-state index contributed by atoms with van der Waals surface area (Å²) in [5.74, 6) is 0.848. The maximum Gasteiger partial charge on any atom is 0.119 e. The lowest BCUT2D eigenvalue weighted by atomic mass is 10.1. The van der Waals surface area contributed by atoms with Crippen molar-refractivity contribution in [1.82, 2.24) is 4.90 Å².